The van der Waals surface area contributed by atoms with E-state index in [2.05, 4.69) is 28.6 Å². The quantitative estimate of drug-likeness (QED) is 0.497. The smallest absolute Gasteiger partial charge is 0.176 e. The van der Waals surface area contributed by atoms with E-state index in [4.69, 9.17) is 11.6 Å². The maximum Gasteiger partial charge on any atom is 0.176 e. The van der Waals surface area contributed by atoms with Crippen LogP contribution in [0.1, 0.15) is 17.3 Å². The van der Waals surface area contributed by atoms with E-state index in [0.717, 1.165) is 0 Å². The molecule has 0 radical (unpaired) electrons. The number of halogens is 2. The summed E-state index contributed by atoms with van der Waals surface area (Å²) in [6.45, 7) is 1.78. The van der Waals surface area contributed by atoms with Crippen LogP contribution in [0.25, 0.3) is 0 Å². The largest absolute Gasteiger partial charge is 0.293 e. The molecule has 1 atom stereocenters. The number of benzene rings is 1. The predicted octanol–water partition coefficient (Wildman–Crippen LogP) is 3.59. The van der Waals surface area contributed by atoms with Crippen LogP contribution in [0, 0.1) is 0 Å². The second-order valence-corrected chi connectivity index (χ2v) is 5.00. The van der Waals surface area contributed by atoms with Crippen LogP contribution in [0.15, 0.2) is 23.1 Å². The molecule has 0 amide bonds. The predicted molar refractivity (Wildman–Crippen MR) is 61.4 cm³/mol. The molecular weight excluding hydrogens is 272 g/mol. The van der Waals surface area contributed by atoms with Crippen LogP contribution in [0.4, 0.5) is 0 Å². The molecule has 70 valence electrons. The zero-order valence-corrected chi connectivity index (χ0v) is 10.2. The molecule has 1 unspecified atom stereocenters. The molecule has 0 aliphatic heterocycles. The number of alkyl halides is 1. The van der Waals surface area contributed by atoms with Crippen molar-refractivity contribution in [3.63, 3.8) is 0 Å². The van der Waals surface area contributed by atoms with Crippen molar-refractivity contribution in [1.82, 2.24) is 0 Å². The number of ketones is 1. The van der Waals surface area contributed by atoms with Gasteiger partial charge in [-0.2, -0.15) is 0 Å². The summed E-state index contributed by atoms with van der Waals surface area (Å²) in [5.74, 6) is 0.0119. The van der Waals surface area contributed by atoms with Gasteiger partial charge in [-0.25, -0.2) is 0 Å². The van der Waals surface area contributed by atoms with Gasteiger partial charge in [0.05, 0.1) is 4.83 Å². The fourth-order valence-electron chi connectivity index (χ4n) is 0.946. The Morgan fingerprint density at radius 3 is 2.62 bits per heavy atom. The molecule has 1 nitrogen and oxygen atoms in total. The van der Waals surface area contributed by atoms with Crippen molar-refractivity contribution in [1.29, 1.82) is 0 Å². The summed E-state index contributed by atoms with van der Waals surface area (Å²) in [6.07, 6.45) is 0. The Labute approximate surface area is 96.0 Å². The molecule has 0 saturated carbocycles. The van der Waals surface area contributed by atoms with Gasteiger partial charge in [-0.3, -0.25) is 4.79 Å². The first-order valence-corrected chi connectivity index (χ1v) is 5.42. The first kappa shape index (κ1) is 11.1. The minimum atomic E-state index is -0.196. The monoisotopic (exact) mass is 278 g/mol. The van der Waals surface area contributed by atoms with Crippen LogP contribution in [0.3, 0.4) is 0 Å². The van der Waals surface area contributed by atoms with Crippen molar-refractivity contribution >= 4 is 45.9 Å². The average Bonchev–Trinajstić information content (AvgIpc) is 2.01. The van der Waals surface area contributed by atoms with Crippen LogP contribution < -0.4 is 0 Å². The highest BCUT2D eigenvalue weighted by Crippen LogP contribution is 2.20. The SMILES string of the molecule is CC(Br)C(=O)c1cc(S)cc(Cl)c1. The number of Topliss-reactive ketones (excluding diaryl/α,β-unsaturated/α-hetero) is 1. The van der Waals surface area contributed by atoms with E-state index in [1.54, 1.807) is 25.1 Å². The zero-order chi connectivity index (χ0) is 10.0. The summed E-state index contributed by atoms with van der Waals surface area (Å²) in [6, 6.07) is 5.04. The number of hydrogen-bond acceptors (Lipinski definition) is 2. The molecule has 0 fully saturated rings. The summed E-state index contributed by atoms with van der Waals surface area (Å²) in [5, 5.41) is 0.531. The number of carbonyl (C=O) groups is 1. The van der Waals surface area contributed by atoms with Crippen LogP contribution in [0.2, 0.25) is 5.02 Å². The van der Waals surface area contributed by atoms with E-state index in [1.165, 1.54) is 0 Å². The van der Waals surface area contributed by atoms with Crippen LogP contribution in [0.5, 0.6) is 0 Å². The van der Waals surface area contributed by atoms with Gasteiger partial charge in [-0.15, -0.1) is 12.6 Å². The van der Waals surface area contributed by atoms with Crippen LogP contribution in [-0.2, 0) is 0 Å². The van der Waals surface area contributed by atoms with Crippen molar-refractivity contribution in [2.75, 3.05) is 0 Å². The van der Waals surface area contributed by atoms with Gasteiger partial charge in [0.2, 0.25) is 0 Å². The number of thiol groups is 1. The lowest BCUT2D eigenvalue weighted by Crippen LogP contribution is -2.09. The maximum atomic E-state index is 11.5. The van der Waals surface area contributed by atoms with Gasteiger partial charge < -0.3 is 0 Å². The summed E-state index contributed by atoms with van der Waals surface area (Å²) < 4.78 is 0. The molecule has 0 N–H and O–H groups in total. The zero-order valence-electron chi connectivity index (χ0n) is 6.92. The molecule has 0 aliphatic rings. The summed E-state index contributed by atoms with van der Waals surface area (Å²) in [7, 11) is 0. The molecule has 0 aromatic heterocycles. The van der Waals surface area contributed by atoms with Gasteiger partial charge in [0, 0.05) is 15.5 Å². The standard InChI is InChI=1S/C9H8BrClOS/c1-5(10)9(12)6-2-7(11)4-8(13)3-6/h2-5,13H,1H3. The van der Waals surface area contributed by atoms with Gasteiger partial charge in [-0.05, 0) is 25.1 Å². The molecule has 0 spiro atoms. The van der Waals surface area contributed by atoms with E-state index in [0.29, 0.717) is 15.5 Å². The molecule has 0 bridgehead atoms. The second-order valence-electron chi connectivity index (χ2n) is 2.68. The van der Waals surface area contributed by atoms with E-state index in [1.807, 2.05) is 0 Å². The van der Waals surface area contributed by atoms with Crippen molar-refractivity contribution in [2.45, 2.75) is 16.6 Å². The molecule has 0 saturated heterocycles. The Bertz CT molecular complexity index is 318. The molecule has 13 heavy (non-hydrogen) atoms. The first-order valence-electron chi connectivity index (χ1n) is 3.68. The highest BCUT2D eigenvalue weighted by Gasteiger charge is 2.12. The third-order valence-corrected chi connectivity index (χ3v) is 2.42. The van der Waals surface area contributed by atoms with E-state index < -0.39 is 0 Å². The second kappa shape index (κ2) is 4.49. The molecule has 1 rings (SSSR count). The van der Waals surface area contributed by atoms with E-state index in [9.17, 15) is 4.79 Å². The van der Waals surface area contributed by atoms with Gasteiger partial charge >= 0.3 is 0 Å². The molecule has 0 heterocycles. The fourth-order valence-corrected chi connectivity index (χ4v) is 1.80. The van der Waals surface area contributed by atoms with E-state index >= 15 is 0 Å². The van der Waals surface area contributed by atoms with Crippen molar-refractivity contribution in [2.24, 2.45) is 0 Å². The van der Waals surface area contributed by atoms with E-state index in [-0.39, 0.29) is 10.6 Å². The average molecular weight is 280 g/mol. The Balaban J connectivity index is 3.08. The van der Waals surface area contributed by atoms with Crippen LogP contribution >= 0.6 is 40.2 Å². The number of carbonyl (C=O) groups excluding carboxylic acids is 1. The Morgan fingerprint density at radius 2 is 2.15 bits per heavy atom. The minimum absolute atomic E-state index is 0.0119. The molecular formula is C9H8BrClOS. The molecule has 1 aromatic rings. The lowest BCUT2D eigenvalue weighted by atomic mass is 10.1. The summed E-state index contributed by atoms with van der Waals surface area (Å²) >= 11 is 13.1. The van der Waals surface area contributed by atoms with Gasteiger partial charge in [0.15, 0.2) is 5.78 Å². The first-order chi connectivity index (χ1) is 6.00. The maximum absolute atomic E-state index is 11.5. The highest BCUT2D eigenvalue weighted by atomic mass is 79.9. The third kappa shape index (κ3) is 3.01. The molecule has 1 aromatic carbocycles. The number of rotatable bonds is 2. The number of hydrogen-bond donors (Lipinski definition) is 1. The summed E-state index contributed by atoms with van der Waals surface area (Å²) in [5.41, 5.74) is 0.585. The molecule has 4 heteroatoms. The van der Waals surface area contributed by atoms with Gasteiger partial charge in [0.25, 0.3) is 0 Å². The summed E-state index contributed by atoms with van der Waals surface area (Å²) in [4.78, 5) is 12.0. The topological polar surface area (TPSA) is 17.1 Å². The molecule has 0 aliphatic carbocycles. The van der Waals surface area contributed by atoms with Crippen molar-refractivity contribution < 1.29 is 4.79 Å². The Hall–Kier alpha value is 0.01000. The van der Waals surface area contributed by atoms with Crippen molar-refractivity contribution in [3.8, 4) is 0 Å². The highest BCUT2D eigenvalue weighted by molar-refractivity contribution is 9.10. The third-order valence-electron chi connectivity index (χ3n) is 1.53. The normalized spacial score (nSPS) is 12.6. The van der Waals surface area contributed by atoms with Crippen molar-refractivity contribution in [3.05, 3.63) is 28.8 Å². The lowest BCUT2D eigenvalue weighted by molar-refractivity contribution is 0.0995. The fraction of sp³-hybridized carbons (Fsp3) is 0.222. The Morgan fingerprint density at radius 1 is 1.54 bits per heavy atom. The van der Waals surface area contributed by atoms with Crippen LogP contribution in [-0.4, -0.2) is 10.6 Å². The Kier molecular flexibility index (Phi) is 3.83. The van der Waals surface area contributed by atoms with Gasteiger partial charge in [-0.1, -0.05) is 27.5 Å². The lowest BCUT2D eigenvalue weighted by Gasteiger charge is -2.04. The van der Waals surface area contributed by atoms with Gasteiger partial charge in [0.1, 0.15) is 0 Å². The minimum Gasteiger partial charge on any atom is -0.293 e.